The maximum atomic E-state index is 13.3. The Labute approximate surface area is 137 Å². The van der Waals surface area contributed by atoms with E-state index in [-0.39, 0.29) is 11.9 Å². The van der Waals surface area contributed by atoms with E-state index in [1.807, 2.05) is 7.05 Å². The summed E-state index contributed by atoms with van der Waals surface area (Å²) in [5, 5.41) is 3.22. The van der Waals surface area contributed by atoms with E-state index >= 15 is 0 Å². The van der Waals surface area contributed by atoms with Crippen LogP contribution in [-0.4, -0.2) is 30.4 Å². The molecule has 0 radical (unpaired) electrons. The van der Waals surface area contributed by atoms with Gasteiger partial charge in [-0.1, -0.05) is 6.42 Å². The molecule has 1 N–H and O–H groups in total. The Morgan fingerprint density at radius 3 is 2.96 bits per heavy atom. The number of rotatable bonds is 3. The molecule has 6 atom stereocenters. The van der Waals surface area contributed by atoms with Crippen molar-refractivity contribution in [1.29, 1.82) is 0 Å². The first-order valence-corrected chi connectivity index (χ1v) is 9.33. The van der Waals surface area contributed by atoms with Gasteiger partial charge < -0.3 is 14.6 Å². The molecule has 4 heteroatoms. The summed E-state index contributed by atoms with van der Waals surface area (Å²) in [4.78, 5) is 15.5. The standard InChI is InChI=1S/C19H26N2O2/c1-20-17-18-14(7-8-23-18)13-3-2-4-16(13)21(19(17)22)10-12-6-5-11-9-15(11)12/h7-8,11-13,15-17,20H,2-6,9-10H2,1H3. The Morgan fingerprint density at radius 2 is 2.22 bits per heavy atom. The second-order valence-electron chi connectivity index (χ2n) is 8.05. The molecule has 2 heterocycles. The first-order valence-electron chi connectivity index (χ1n) is 9.33. The van der Waals surface area contributed by atoms with Crippen LogP contribution in [0.3, 0.4) is 0 Å². The van der Waals surface area contributed by atoms with Crippen LogP contribution in [-0.2, 0) is 4.79 Å². The number of hydrogen-bond acceptors (Lipinski definition) is 3. The van der Waals surface area contributed by atoms with Crippen LogP contribution in [0.5, 0.6) is 0 Å². The van der Waals surface area contributed by atoms with Gasteiger partial charge >= 0.3 is 0 Å². The number of furan rings is 1. The first-order chi connectivity index (χ1) is 11.3. The van der Waals surface area contributed by atoms with Crippen molar-refractivity contribution < 1.29 is 9.21 Å². The number of fused-ring (bicyclic) bond motifs is 4. The summed E-state index contributed by atoms with van der Waals surface area (Å²) in [7, 11) is 1.88. The Bertz CT molecular complexity index is 625. The molecule has 4 aliphatic rings. The third-order valence-corrected chi connectivity index (χ3v) is 7.01. The van der Waals surface area contributed by atoms with Crippen LogP contribution in [0.15, 0.2) is 16.7 Å². The van der Waals surface area contributed by atoms with Crippen LogP contribution in [0.25, 0.3) is 0 Å². The normalized spacial score (nSPS) is 41.4. The summed E-state index contributed by atoms with van der Waals surface area (Å²) in [6.07, 6.45) is 9.46. The highest BCUT2D eigenvalue weighted by Gasteiger charge is 2.51. The zero-order valence-electron chi connectivity index (χ0n) is 13.8. The van der Waals surface area contributed by atoms with E-state index in [4.69, 9.17) is 4.42 Å². The molecule has 1 aromatic rings. The summed E-state index contributed by atoms with van der Waals surface area (Å²) in [5.74, 6) is 4.22. The lowest BCUT2D eigenvalue weighted by Crippen LogP contribution is -2.46. The average Bonchev–Trinajstić information content (AvgIpc) is 2.95. The van der Waals surface area contributed by atoms with Crippen molar-refractivity contribution in [2.24, 2.45) is 17.8 Å². The maximum Gasteiger partial charge on any atom is 0.247 e. The molecular weight excluding hydrogens is 288 g/mol. The minimum atomic E-state index is -0.304. The van der Waals surface area contributed by atoms with Crippen LogP contribution < -0.4 is 5.32 Å². The van der Waals surface area contributed by atoms with Crippen molar-refractivity contribution in [2.45, 2.75) is 56.5 Å². The lowest BCUT2D eigenvalue weighted by molar-refractivity contribution is -0.136. The van der Waals surface area contributed by atoms with E-state index < -0.39 is 0 Å². The highest BCUT2D eigenvalue weighted by Crippen LogP contribution is 2.56. The van der Waals surface area contributed by atoms with Gasteiger partial charge in [-0.25, -0.2) is 0 Å². The number of carbonyl (C=O) groups is 1. The molecule has 124 valence electrons. The lowest BCUT2D eigenvalue weighted by Gasteiger charge is -2.34. The van der Waals surface area contributed by atoms with Crippen LogP contribution in [0, 0.1) is 17.8 Å². The van der Waals surface area contributed by atoms with Gasteiger partial charge in [0.2, 0.25) is 5.91 Å². The van der Waals surface area contributed by atoms with Crippen LogP contribution in [0.1, 0.15) is 61.8 Å². The monoisotopic (exact) mass is 314 g/mol. The van der Waals surface area contributed by atoms with Gasteiger partial charge in [-0.05, 0) is 63.0 Å². The quantitative estimate of drug-likeness (QED) is 0.932. The molecule has 6 unspecified atom stereocenters. The summed E-state index contributed by atoms with van der Waals surface area (Å²) in [6, 6.07) is 2.18. The number of nitrogens with one attached hydrogen (secondary N) is 1. The van der Waals surface area contributed by atoms with Crippen LogP contribution in [0.2, 0.25) is 0 Å². The SMILES string of the molecule is CNC1C(=O)N(CC2CCC3CC32)C2CCCC2c2ccoc21. The molecule has 1 amide bonds. The lowest BCUT2D eigenvalue weighted by atomic mass is 9.93. The number of likely N-dealkylation sites (N-methyl/N-ethyl adjacent to an activating group) is 1. The van der Waals surface area contributed by atoms with Gasteiger partial charge in [-0.15, -0.1) is 0 Å². The third kappa shape index (κ3) is 2.03. The molecule has 3 fully saturated rings. The van der Waals surface area contributed by atoms with Crippen molar-refractivity contribution in [3.8, 4) is 0 Å². The Hall–Kier alpha value is -1.29. The van der Waals surface area contributed by atoms with Crippen LogP contribution in [0.4, 0.5) is 0 Å². The molecule has 5 rings (SSSR count). The van der Waals surface area contributed by atoms with Gasteiger partial charge in [0.25, 0.3) is 0 Å². The van der Waals surface area contributed by atoms with E-state index in [0.29, 0.717) is 12.0 Å². The molecule has 1 aliphatic heterocycles. The second-order valence-corrected chi connectivity index (χ2v) is 8.05. The van der Waals surface area contributed by atoms with E-state index in [2.05, 4.69) is 16.3 Å². The predicted octanol–water partition coefficient (Wildman–Crippen LogP) is 3.06. The highest BCUT2D eigenvalue weighted by atomic mass is 16.3. The molecule has 4 nitrogen and oxygen atoms in total. The number of amides is 1. The molecule has 1 aromatic heterocycles. The largest absolute Gasteiger partial charge is 0.467 e. The summed E-state index contributed by atoms with van der Waals surface area (Å²) >= 11 is 0. The summed E-state index contributed by atoms with van der Waals surface area (Å²) in [6.45, 7) is 0.976. The van der Waals surface area contributed by atoms with Crippen molar-refractivity contribution >= 4 is 5.91 Å². The minimum Gasteiger partial charge on any atom is -0.467 e. The summed E-state index contributed by atoms with van der Waals surface area (Å²) < 4.78 is 5.76. The Balaban J connectivity index is 1.49. The molecule has 0 spiro atoms. The van der Waals surface area contributed by atoms with E-state index in [1.54, 1.807) is 6.26 Å². The number of nitrogens with zero attached hydrogens (tertiary/aromatic N) is 1. The molecule has 23 heavy (non-hydrogen) atoms. The number of hydrogen-bond donors (Lipinski definition) is 1. The third-order valence-electron chi connectivity index (χ3n) is 7.01. The second kappa shape index (κ2) is 5.10. The van der Waals surface area contributed by atoms with Gasteiger partial charge in [0.05, 0.1) is 6.26 Å². The zero-order chi connectivity index (χ0) is 15.6. The van der Waals surface area contributed by atoms with Gasteiger partial charge in [0, 0.05) is 24.1 Å². The Kier molecular flexibility index (Phi) is 3.12. The fraction of sp³-hybridized carbons (Fsp3) is 0.737. The minimum absolute atomic E-state index is 0.238. The molecule has 0 saturated heterocycles. The smallest absolute Gasteiger partial charge is 0.247 e. The fourth-order valence-electron chi connectivity index (χ4n) is 5.77. The fourth-order valence-corrected chi connectivity index (χ4v) is 5.77. The van der Waals surface area contributed by atoms with Crippen molar-refractivity contribution in [3.05, 3.63) is 23.7 Å². The highest BCUT2D eigenvalue weighted by molar-refractivity contribution is 5.84. The van der Waals surface area contributed by atoms with Crippen molar-refractivity contribution in [2.75, 3.05) is 13.6 Å². The van der Waals surface area contributed by atoms with E-state index in [1.165, 1.54) is 37.7 Å². The van der Waals surface area contributed by atoms with Gasteiger partial charge in [0.1, 0.15) is 11.8 Å². The van der Waals surface area contributed by atoms with Crippen molar-refractivity contribution in [1.82, 2.24) is 10.2 Å². The van der Waals surface area contributed by atoms with Gasteiger partial charge in [0.15, 0.2) is 0 Å². The van der Waals surface area contributed by atoms with Gasteiger partial charge in [-0.3, -0.25) is 4.79 Å². The molecular formula is C19H26N2O2. The first kappa shape index (κ1) is 14.1. The molecule has 0 bridgehead atoms. The number of carbonyl (C=O) groups excluding carboxylic acids is 1. The van der Waals surface area contributed by atoms with Gasteiger partial charge in [-0.2, -0.15) is 0 Å². The maximum absolute atomic E-state index is 13.3. The predicted molar refractivity (Wildman–Crippen MR) is 86.9 cm³/mol. The zero-order valence-corrected chi connectivity index (χ0v) is 13.8. The molecule has 3 aliphatic carbocycles. The topological polar surface area (TPSA) is 45.5 Å². The van der Waals surface area contributed by atoms with Crippen LogP contribution >= 0.6 is 0 Å². The molecule has 0 aromatic carbocycles. The Morgan fingerprint density at radius 1 is 1.30 bits per heavy atom. The summed E-state index contributed by atoms with van der Waals surface area (Å²) in [5.41, 5.74) is 1.28. The molecule has 3 saturated carbocycles. The van der Waals surface area contributed by atoms with Crippen molar-refractivity contribution in [3.63, 3.8) is 0 Å². The van der Waals surface area contributed by atoms with E-state index in [9.17, 15) is 4.79 Å². The average molecular weight is 314 g/mol. The van der Waals surface area contributed by atoms with E-state index in [0.717, 1.165) is 36.5 Å².